The Labute approximate surface area is 289 Å². The van der Waals surface area contributed by atoms with E-state index in [1.165, 1.54) is 27.2 Å². The molecule has 1 fully saturated rings. The molecule has 12 heteroatoms. The maximum Gasteiger partial charge on any atom is 0.416 e. The average molecular weight is 685 g/mol. The lowest BCUT2D eigenvalue weighted by Crippen LogP contribution is -3.07. The normalized spacial score (nSPS) is 18.4. The summed E-state index contributed by atoms with van der Waals surface area (Å²) in [6.45, 7) is 5.16. The fourth-order valence-electron chi connectivity index (χ4n) is 7.19. The minimum atomic E-state index is -4.62. The Balaban J connectivity index is 1.42. The third-order valence-corrected chi connectivity index (χ3v) is 9.74. The number of nitrogens with zero attached hydrogens (tertiary/aromatic N) is 5. The number of alkyl halides is 3. The molecule has 2 aliphatic rings. The van der Waals surface area contributed by atoms with Crippen LogP contribution in [0.4, 0.5) is 23.7 Å². The van der Waals surface area contributed by atoms with Crippen LogP contribution in [0.1, 0.15) is 72.3 Å². The van der Waals surface area contributed by atoms with Crippen molar-refractivity contribution < 1.29 is 22.9 Å². The van der Waals surface area contributed by atoms with E-state index in [0.717, 1.165) is 66.7 Å². The zero-order valence-corrected chi connectivity index (χ0v) is 28.4. The van der Waals surface area contributed by atoms with Crippen molar-refractivity contribution in [2.24, 2.45) is 11.0 Å². The summed E-state index contributed by atoms with van der Waals surface area (Å²) in [5.41, 5.74) is 2.36. The van der Waals surface area contributed by atoms with Crippen LogP contribution in [0, 0.1) is 24.2 Å². The molecule has 6 rings (SSSR count). The maximum atomic E-state index is 14.3. The van der Waals surface area contributed by atoms with Crippen LogP contribution in [-0.4, -0.2) is 41.0 Å². The highest BCUT2D eigenvalue weighted by Crippen LogP contribution is 2.40. The van der Waals surface area contributed by atoms with Gasteiger partial charge in [-0.05, 0) is 61.7 Å². The SMILES string of the molecule is Cc1c(C2C(C)C=NN2c2ccc(C#N)cc2CC[NH+](C)Cc2ccccc2)n(C(=O)NC2CCCC2)c(=O)n1-c1cccc(C(F)(F)F)c1. The molecule has 0 saturated heterocycles. The first kappa shape index (κ1) is 34.7. The number of imidazole rings is 1. The van der Waals surface area contributed by atoms with Crippen LogP contribution in [0.2, 0.25) is 0 Å². The summed E-state index contributed by atoms with van der Waals surface area (Å²) in [6.07, 6.45) is 1.25. The van der Waals surface area contributed by atoms with Gasteiger partial charge in [-0.15, -0.1) is 0 Å². The minimum absolute atomic E-state index is 0.0117. The number of anilines is 1. The number of rotatable bonds is 9. The molecule has 4 aromatic rings. The molecule has 3 atom stereocenters. The van der Waals surface area contributed by atoms with Crippen molar-refractivity contribution in [2.45, 2.75) is 70.8 Å². The Bertz CT molecular complexity index is 1990. The molecule has 50 heavy (non-hydrogen) atoms. The molecule has 2 N–H and O–H groups in total. The summed E-state index contributed by atoms with van der Waals surface area (Å²) < 4.78 is 43.6. The monoisotopic (exact) mass is 684 g/mol. The van der Waals surface area contributed by atoms with E-state index in [1.54, 1.807) is 24.2 Å². The van der Waals surface area contributed by atoms with Crippen LogP contribution >= 0.6 is 0 Å². The fourth-order valence-corrected chi connectivity index (χ4v) is 7.19. The Kier molecular flexibility index (Phi) is 9.97. The second kappa shape index (κ2) is 14.4. The van der Waals surface area contributed by atoms with Crippen LogP contribution in [0.3, 0.4) is 0 Å². The number of aromatic nitrogens is 2. The van der Waals surface area contributed by atoms with Crippen LogP contribution < -0.4 is 20.9 Å². The van der Waals surface area contributed by atoms with Gasteiger partial charge in [0.1, 0.15) is 12.6 Å². The molecule has 0 spiro atoms. The fraction of sp³-hybridized carbons (Fsp3) is 0.368. The van der Waals surface area contributed by atoms with Crippen molar-refractivity contribution in [1.82, 2.24) is 14.5 Å². The molecule has 9 nitrogen and oxygen atoms in total. The molecule has 260 valence electrons. The lowest BCUT2D eigenvalue weighted by Gasteiger charge is -2.29. The predicted octanol–water partition coefficient (Wildman–Crippen LogP) is 5.78. The number of quaternary nitrogens is 1. The van der Waals surface area contributed by atoms with E-state index in [0.29, 0.717) is 23.4 Å². The number of nitrogens with one attached hydrogen (secondary N) is 2. The number of amides is 1. The minimum Gasteiger partial charge on any atom is -0.335 e. The summed E-state index contributed by atoms with van der Waals surface area (Å²) in [7, 11) is 2.11. The van der Waals surface area contributed by atoms with E-state index in [2.05, 4.69) is 30.6 Å². The van der Waals surface area contributed by atoms with Gasteiger partial charge in [-0.25, -0.2) is 14.2 Å². The van der Waals surface area contributed by atoms with Crippen molar-refractivity contribution in [3.05, 3.63) is 117 Å². The van der Waals surface area contributed by atoms with E-state index in [1.807, 2.05) is 37.3 Å². The average Bonchev–Trinajstić information content (AvgIpc) is 3.81. The summed E-state index contributed by atoms with van der Waals surface area (Å²) in [4.78, 5) is 29.5. The van der Waals surface area contributed by atoms with Gasteiger partial charge in [-0.3, -0.25) is 9.58 Å². The Hall–Kier alpha value is -5.15. The molecule has 1 saturated carbocycles. The van der Waals surface area contributed by atoms with Gasteiger partial charge in [0.05, 0.1) is 47.9 Å². The second-order valence-electron chi connectivity index (χ2n) is 13.4. The molecule has 2 heterocycles. The molecular formula is C38H41F3N7O2+. The van der Waals surface area contributed by atoms with Gasteiger partial charge in [0.25, 0.3) is 0 Å². The maximum absolute atomic E-state index is 14.3. The number of carbonyl (C=O) groups excluding carboxylic acids is 1. The van der Waals surface area contributed by atoms with Gasteiger partial charge in [0.2, 0.25) is 0 Å². The zero-order chi connectivity index (χ0) is 35.6. The number of hydrogen-bond donors (Lipinski definition) is 2. The van der Waals surface area contributed by atoms with Crippen LogP contribution in [-0.2, 0) is 19.1 Å². The van der Waals surface area contributed by atoms with Gasteiger partial charge in [0.15, 0.2) is 0 Å². The Morgan fingerprint density at radius 1 is 1.06 bits per heavy atom. The quantitative estimate of drug-likeness (QED) is 0.234. The number of carbonyl (C=O) groups is 1. The number of likely N-dealkylation sites (N-methyl/N-ethyl adjacent to an activating group) is 1. The molecule has 0 radical (unpaired) electrons. The van der Waals surface area contributed by atoms with Crippen molar-refractivity contribution >= 4 is 17.9 Å². The lowest BCUT2D eigenvalue weighted by molar-refractivity contribution is -0.893. The Morgan fingerprint density at radius 2 is 1.80 bits per heavy atom. The van der Waals surface area contributed by atoms with E-state index in [-0.39, 0.29) is 17.6 Å². The van der Waals surface area contributed by atoms with Gasteiger partial charge in [-0.2, -0.15) is 23.5 Å². The van der Waals surface area contributed by atoms with E-state index >= 15 is 0 Å². The van der Waals surface area contributed by atoms with Gasteiger partial charge >= 0.3 is 17.9 Å². The summed E-state index contributed by atoms with van der Waals surface area (Å²) in [6, 6.07) is 21.0. The third-order valence-electron chi connectivity index (χ3n) is 9.74. The largest absolute Gasteiger partial charge is 0.416 e. The first-order valence-corrected chi connectivity index (χ1v) is 17.0. The molecule has 3 unspecified atom stereocenters. The lowest BCUT2D eigenvalue weighted by atomic mass is 9.97. The van der Waals surface area contributed by atoms with E-state index < -0.39 is 29.5 Å². The van der Waals surface area contributed by atoms with Gasteiger partial charge < -0.3 is 10.2 Å². The zero-order valence-electron chi connectivity index (χ0n) is 28.4. The van der Waals surface area contributed by atoms with Crippen LogP contribution in [0.25, 0.3) is 5.69 Å². The second-order valence-corrected chi connectivity index (χ2v) is 13.4. The molecule has 1 aromatic heterocycles. The van der Waals surface area contributed by atoms with E-state index in [9.17, 15) is 28.0 Å². The number of benzene rings is 3. The number of nitriles is 1. The van der Waals surface area contributed by atoms with Crippen molar-refractivity contribution in [1.29, 1.82) is 5.26 Å². The first-order chi connectivity index (χ1) is 24.0. The molecule has 3 aromatic carbocycles. The summed E-state index contributed by atoms with van der Waals surface area (Å²) in [5.74, 6) is -0.286. The van der Waals surface area contributed by atoms with Gasteiger partial charge in [-0.1, -0.05) is 56.2 Å². The van der Waals surface area contributed by atoms with Crippen molar-refractivity contribution in [3.63, 3.8) is 0 Å². The van der Waals surface area contributed by atoms with E-state index in [4.69, 9.17) is 5.10 Å². The highest BCUT2D eigenvalue weighted by molar-refractivity contribution is 5.80. The Morgan fingerprint density at radius 3 is 2.50 bits per heavy atom. The van der Waals surface area contributed by atoms with Crippen LogP contribution in [0.15, 0.2) is 82.7 Å². The molecule has 1 aliphatic heterocycles. The number of hydrogen-bond acceptors (Lipinski definition) is 5. The summed E-state index contributed by atoms with van der Waals surface area (Å²) >= 11 is 0. The topological polar surface area (TPSA) is 99.9 Å². The highest BCUT2D eigenvalue weighted by atomic mass is 19.4. The molecule has 1 amide bonds. The molecule has 0 bridgehead atoms. The highest BCUT2D eigenvalue weighted by Gasteiger charge is 2.39. The first-order valence-electron chi connectivity index (χ1n) is 17.0. The smallest absolute Gasteiger partial charge is 0.335 e. The van der Waals surface area contributed by atoms with Gasteiger partial charge in [0, 0.05) is 35.9 Å². The third kappa shape index (κ3) is 7.09. The van der Waals surface area contributed by atoms with Crippen molar-refractivity contribution in [3.8, 4) is 11.8 Å². The molecule has 1 aliphatic carbocycles. The van der Waals surface area contributed by atoms with Crippen molar-refractivity contribution in [2.75, 3.05) is 18.6 Å². The summed E-state index contributed by atoms with van der Waals surface area (Å²) in [5, 5.41) is 19.3. The number of hydrazone groups is 1. The predicted molar refractivity (Wildman–Crippen MR) is 186 cm³/mol. The molecular weight excluding hydrogens is 643 g/mol. The number of halogens is 3. The standard InChI is InChI=1S/C38H40F3N7O2/c1-25-23-43-48(33-17-16-28(22-42)20-29(33)18-19-45(3)24-27-10-5-4-6-11-27)34(25)35-26(2)46(32-15-9-12-30(21-32)38(39,40)41)37(50)47(35)36(49)44-31-13-7-8-14-31/h4-6,9-12,15-17,20-21,23,25,31,34H,7-8,13-14,18-19,24H2,1-3H3,(H,44,49)/p+1. The van der Waals surface area contributed by atoms with Crippen LogP contribution in [0.5, 0.6) is 0 Å².